The Labute approximate surface area is 186 Å². The van der Waals surface area contributed by atoms with Gasteiger partial charge in [-0.3, -0.25) is 9.78 Å². The first-order valence-corrected chi connectivity index (χ1v) is 10.9. The number of carbonyl (C=O) groups excluding carboxylic acids is 1. The summed E-state index contributed by atoms with van der Waals surface area (Å²) >= 11 is 0. The molecule has 2 aromatic heterocycles. The van der Waals surface area contributed by atoms with E-state index < -0.39 is 0 Å². The number of hydrogen-bond acceptors (Lipinski definition) is 5. The van der Waals surface area contributed by atoms with Crippen molar-refractivity contribution in [3.05, 3.63) is 78.5 Å². The summed E-state index contributed by atoms with van der Waals surface area (Å²) in [6.45, 7) is 4.68. The number of benzene rings is 2. The lowest BCUT2D eigenvalue weighted by atomic mass is 9.99. The normalized spacial score (nSPS) is 18.6. The molecule has 1 aliphatic heterocycles. The fourth-order valence-corrected chi connectivity index (χ4v) is 4.31. The molecule has 2 atom stereocenters. The van der Waals surface area contributed by atoms with Crippen molar-refractivity contribution in [2.24, 2.45) is 0 Å². The molecule has 1 aliphatic rings. The van der Waals surface area contributed by atoms with Crippen LogP contribution in [0.1, 0.15) is 35.7 Å². The van der Waals surface area contributed by atoms with E-state index in [0.717, 1.165) is 40.7 Å². The van der Waals surface area contributed by atoms with E-state index in [-0.39, 0.29) is 18.1 Å². The van der Waals surface area contributed by atoms with Crippen LogP contribution in [0, 0.1) is 6.92 Å². The fraction of sp³-hybridized carbons (Fsp3) is 0.280. The van der Waals surface area contributed by atoms with Crippen molar-refractivity contribution in [3.8, 4) is 11.4 Å². The number of nitrogens with zero attached hydrogens (tertiary/aromatic N) is 5. The van der Waals surface area contributed by atoms with Gasteiger partial charge in [-0.2, -0.15) is 5.10 Å². The number of likely N-dealkylation sites (tertiary alicyclic amines) is 1. The van der Waals surface area contributed by atoms with Gasteiger partial charge in [0.15, 0.2) is 0 Å². The Morgan fingerprint density at radius 3 is 2.84 bits per heavy atom. The Kier molecular flexibility index (Phi) is 5.31. The average molecular weight is 428 g/mol. The highest BCUT2D eigenvalue weighted by Crippen LogP contribution is 2.29. The lowest BCUT2D eigenvalue weighted by Crippen LogP contribution is -2.49. The van der Waals surface area contributed by atoms with Crippen LogP contribution in [0.2, 0.25) is 0 Å². The Morgan fingerprint density at radius 1 is 1.12 bits per heavy atom. The van der Waals surface area contributed by atoms with Crippen LogP contribution in [0.25, 0.3) is 16.6 Å². The number of ether oxygens (including phenoxy) is 1. The molecule has 0 N–H and O–H groups in total. The fourth-order valence-electron chi connectivity index (χ4n) is 4.31. The van der Waals surface area contributed by atoms with Gasteiger partial charge in [0.05, 0.1) is 23.3 Å². The highest BCUT2D eigenvalue weighted by atomic mass is 16.5. The molecule has 32 heavy (non-hydrogen) atoms. The number of carbonyl (C=O) groups is 1. The second kappa shape index (κ2) is 8.42. The summed E-state index contributed by atoms with van der Waals surface area (Å²) in [7, 11) is 0. The van der Waals surface area contributed by atoms with Crippen molar-refractivity contribution < 1.29 is 9.53 Å². The molecular formula is C25H25N5O2. The van der Waals surface area contributed by atoms with Crippen molar-refractivity contribution in [1.29, 1.82) is 0 Å². The maximum absolute atomic E-state index is 13.6. The number of fused-ring (bicyclic) bond motifs is 1. The second-order valence-electron chi connectivity index (χ2n) is 8.31. The van der Waals surface area contributed by atoms with E-state index in [2.05, 4.69) is 35.0 Å². The first-order valence-electron chi connectivity index (χ1n) is 10.9. The van der Waals surface area contributed by atoms with Gasteiger partial charge in [0.2, 0.25) is 0 Å². The van der Waals surface area contributed by atoms with Crippen molar-refractivity contribution >= 4 is 16.8 Å². The van der Waals surface area contributed by atoms with E-state index in [9.17, 15) is 4.79 Å². The van der Waals surface area contributed by atoms with Crippen LogP contribution in [0.15, 0.2) is 67.4 Å². The van der Waals surface area contributed by atoms with Crippen LogP contribution in [0.5, 0.6) is 5.75 Å². The average Bonchev–Trinajstić information content (AvgIpc) is 3.35. The van der Waals surface area contributed by atoms with Gasteiger partial charge in [0, 0.05) is 17.6 Å². The van der Waals surface area contributed by atoms with Crippen LogP contribution in [-0.4, -0.2) is 49.2 Å². The van der Waals surface area contributed by atoms with Crippen LogP contribution < -0.4 is 4.74 Å². The lowest BCUT2D eigenvalue weighted by Gasteiger charge is -2.38. The summed E-state index contributed by atoms with van der Waals surface area (Å²) in [5.41, 5.74) is 3.40. The van der Waals surface area contributed by atoms with E-state index in [4.69, 9.17) is 4.74 Å². The van der Waals surface area contributed by atoms with Gasteiger partial charge in [-0.15, -0.1) is 0 Å². The number of amides is 1. The maximum Gasteiger partial charge on any atom is 0.256 e. The van der Waals surface area contributed by atoms with Crippen LogP contribution in [0.4, 0.5) is 0 Å². The van der Waals surface area contributed by atoms with E-state index in [0.29, 0.717) is 12.1 Å². The Bertz CT molecular complexity index is 1250. The summed E-state index contributed by atoms with van der Waals surface area (Å²) in [6, 6.07) is 15.7. The van der Waals surface area contributed by atoms with Gasteiger partial charge < -0.3 is 9.64 Å². The molecule has 1 saturated heterocycles. The van der Waals surface area contributed by atoms with E-state index in [1.54, 1.807) is 17.2 Å². The molecule has 0 spiro atoms. The number of pyridine rings is 1. The molecule has 2 unspecified atom stereocenters. The minimum absolute atomic E-state index is 0.0210. The minimum Gasteiger partial charge on any atom is -0.488 e. The van der Waals surface area contributed by atoms with Gasteiger partial charge in [-0.05, 0) is 57.0 Å². The largest absolute Gasteiger partial charge is 0.488 e. The first kappa shape index (κ1) is 20.2. The number of piperidine rings is 1. The zero-order valence-corrected chi connectivity index (χ0v) is 18.2. The van der Waals surface area contributed by atoms with Gasteiger partial charge in [0.25, 0.3) is 5.91 Å². The molecule has 7 nitrogen and oxygen atoms in total. The van der Waals surface area contributed by atoms with E-state index in [1.165, 1.54) is 6.33 Å². The molecule has 1 amide bonds. The third-order valence-electron chi connectivity index (χ3n) is 6.05. The van der Waals surface area contributed by atoms with E-state index in [1.807, 2.05) is 47.4 Å². The summed E-state index contributed by atoms with van der Waals surface area (Å²) in [4.78, 5) is 24.0. The molecule has 0 bridgehead atoms. The van der Waals surface area contributed by atoms with Crippen LogP contribution in [0.3, 0.4) is 0 Å². The minimum atomic E-state index is -0.0835. The number of hydrogen-bond donors (Lipinski definition) is 0. The monoisotopic (exact) mass is 427 g/mol. The maximum atomic E-state index is 13.6. The van der Waals surface area contributed by atoms with Crippen molar-refractivity contribution in [1.82, 2.24) is 24.6 Å². The number of aryl methyl sites for hydroxylation is 1. The number of para-hydroxylation sites is 1. The predicted molar refractivity (Wildman–Crippen MR) is 122 cm³/mol. The zero-order valence-electron chi connectivity index (χ0n) is 18.2. The second-order valence-corrected chi connectivity index (χ2v) is 8.31. The highest BCUT2D eigenvalue weighted by molar-refractivity contribution is 5.98. The Morgan fingerprint density at radius 2 is 2.00 bits per heavy atom. The molecular weight excluding hydrogens is 402 g/mol. The van der Waals surface area contributed by atoms with Gasteiger partial charge in [0.1, 0.15) is 24.5 Å². The molecule has 5 rings (SSSR count). The molecule has 0 saturated carbocycles. The molecule has 162 valence electrons. The third kappa shape index (κ3) is 3.82. The number of aromatic nitrogens is 4. The van der Waals surface area contributed by atoms with Crippen LogP contribution >= 0.6 is 0 Å². The molecule has 0 aliphatic carbocycles. The standard InChI is InChI=1S/C25H25N5O2/c1-17-7-10-22-21(13-17)24(11-12-27-22)32-19-9-8-18(2)29(14-19)25(31)20-5-3-4-6-23(20)30-16-26-15-28-30/h3-7,10-13,15-16,18-19H,8-9,14H2,1-2H3. The van der Waals surface area contributed by atoms with E-state index >= 15 is 0 Å². The lowest BCUT2D eigenvalue weighted by molar-refractivity contribution is 0.0388. The Balaban J connectivity index is 1.40. The summed E-state index contributed by atoms with van der Waals surface area (Å²) in [5, 5.41) is 5.21. The highest BCUT2D eigenvalue weighted by Gasteiger charge is 2.32. The van der Waals surface area contributed by atoms with Gasteiger partial charge in [-0.25, -0.2) is 9.67 Å². The predicted octanol–water partition coefficient (Wildman–Crippen LogP) is 4.20. The first-order chi connectivity index (χ1) is 15.6. The third-order valence-corrected chi connectivity index (χ3v) is 6.05. The molecule has 1 fully saturated rings. The Hall–Kier alpha value is -3.74. The van der Waals surface area contributed by atoms with Crippen molar-refractivity contribution in [2.75, 3.05) is 6.54 Å². The molecule has 4 aromatic rings. The van der Waals surface area contributed by atoms with Gasteiger partial charge >= 0.3 is 0 Å². The van der Waals surface area contributed by atoms with Crippen LogP contribution in [-0.2, 0) is 0 Å². The smallest absolute Gasteiger partial charge is 0.256 e. The summed E-state index contributed by atoms with van der Waals surface area (Å²) in [5.74, 6) is 0.793. The quantitative estimate of drug-likeness (QED) is 0.488. The van der Waals surface area contributed by atoms with Gasteiger partial charge in [-0.1, -0.05) is 23.8 Å². The molecule has 0 radical (unpaired) electrons. The van der Waals surface area contributed by atoms with Crippen molar-refractivity contribution in [3.63, 3.8) is 0 Å². The number of rotatable bonds is 4. The van der Waals surface area contributed by atoms with Crippen molar-refractivity contribution in [2.45, 2.75) is 38.8 Å². The molecule has 3 heterocycles. The summed E-state index contributed by atoms with van der Waals surface area (Å²) in [6.07, 6.45) is 6.54. The SMILES string of the molecule is Cc1ccc2nccc(OC3CCC(C)N(C(=O)c4ccccc4-n4cncn4)C3)c2c1. The summed E-state index contributed by atoms with van der Waals surface area (Å²) < 4.78 is 8.06. The molecule has 7 heteroatoms. The molecule has 2 aromatic carbocycles. The topological polar surface area (TPSA) is 73.1 Å². The zero-order chi connectivity index (χ0) is 22.1.